The van der Waals surface area contributed by atoms with E-state index >= 15 is 0 Å². The first-order valence-electron chi connectivity index (χ1n) is 7.79. The normalized spacial score (nSPS) is 11.6. The molecule has 0 aliphatic heterocycles. The van der Waals surface area contributed by atoms with Crippen LogP contribution in [0.1, 0.15) is 11.4 Å². The highest BCUT2D eigenvalue weighted by molar-refractivity contribution is 7.89. The first-order chi connectivity index (χ1) is 11.9. The van der Waals surface area contributed by atoms with Crippen LogP contribution in [-0.4, -0.2) is 18.0 Å². The van der Waals surface area contributed by atoms with Gasteiger partial charge in [0.2, 0.25) is 10.0 Å². The van der Waals surface area contributed by atoms with E-state index < -0.39 is 10.0 Å². The summed E-state index contributed by atoms with van der Waals surface area (Å²) in [5.74, 6) is 0.649. The third-order valence-corrected chi connectivity index (χ3v) is 5.50. The number of nitrogens with one attached hydrogen (secondary N) is 1. The van der Waals surface area contributed by atoms with Crippen LogP contribution in [0.5, 0.6) is 0 Å². The molecule has 0 spiro atoms. The molecule has 0 unspecified atom stereocenters. The maximum absolute atomic E-state index is 12.4. The molecule has 0 saturated carbocycles. The fourth-order valence-electron chi connectivity index (χ4n) is 2.57. The minimum Gasteiger partial charge on any atom is -0.399 e. The lowest BCUT2D eigenvalue weighted by molar-refractivity contribution is 0.577. The van der Waals surface area contributed by atoms with E-state index in [0.717, 1.165) is 16.7 Å². The van der Waals surface area contributed by atoms with Crippen molar-refractivity contribution in [2.45, 2.75) is 18.4 Å². The molecule has 1 aromatic heterocycles. The summed E-state index contributed by atoms with van der Waals surface area (Å²) >= 11 is 0. The van der Waals surface area contributed by atoms with Crippen LogP contribution in [0, 0.1) is 6.92 Å². The summed E-state index contributed by atoms with van der Waals surface area (Å²) in [6, 6.07) is 12.5. The summed E-state index contributed by atoms with van der Waals surface area (Å²) in [6.45, 7) is 2.13. The van der Waals surface area contributed by atoms with Crippen LogP contribution in [0.4, 0.5) is 5.69 Å². The molecule has 0 bridgehead atoms. The van der Waals surface area contributed by atoms with Gasteiger partial charge in [0.25, 0.3) is 0 Å². The molecule has 25 heavy (non-hydrogen) atoms. The molecule has 7 heteroatoms. The van der Waals surface area contributed by atoms with Crippen LogP contribution in [0.2, 0.25) is 0 Å². The molecule has 0 saturated heterocycles. The lowest BCUT2D eigenvalue weighted by Crippen LogP contribution is -2.24. The van der Waals surface area contributed by atoms with Crippen molar-refractivity contribution in [2.75, 3.05) is 5.73 Å². The van der Waals surface area contributed by atoms with E-state index in [-0.39, 0.29) is 11.4 Å². The maximum atomic E-state index is 12.4. The van der Waals surface area contributed by atoms with Crippen LogP contribution in [0.3, 0.4) is 0 Å². The van der Waals surface area contributed by atoms with Crippen LogP contribution >= 0.6 is 0 Å². The summed E-state index contributed by atoms with van der Waals surface area (Å²) in [6.07, 6.45) is 3.40. The number of nitrogen functional groups attached to an aromatic ring is 1. The van der Waals surface area contributed by atoms with Crippen molar-refractivity contribution >= 4 is 15.7 Å². The Balaban J connectivity index is 1.81. The average Bonchev–Trinajstić information content (AvgIpc) is 3.00. The van der Waals surface area contributed by atoms with E-state index in [0.29, 0.717) is 11.5 Å². The number of imidazole rings is 1. The van der Waals surface area contributed by atoms with Gasteiger partial charge in [0, 0.05) is 25.1 Å². The van der Waals surface area contributed by atoms with Crippen LogP contribution in [-0.2, 0) is 23.6 Å². The molecule has 3 rings (SSSR count). The fourth-order valence-corrected chi connectivity index (χ4v) is 3.55. The minimum atomic E-state index is -3.60. The van der Waals surface area contributed by atoms with E-state index in [1.54, 1.807) is 41.2 Å². The van der Waals surface area contributed by atoms with Crippen LogP contribution < -0.4 is 10.5 Å². The monoisotopic (exact) mass is 356 g/mol. The number of benzene rings is 2. The molecule has 3 aromatic rings. The number of aromatic nitrogens is 2. The smallest absolute Gasteiger partial charge is 0.240 e. The van der Waals surface area contributed by atoms with Gasteiger partial charge in [-0.05, 0) is 47.9 Å². The molecule has 130 valence electrons. The summed E-state index contributed by atoms with van der Waals surface area (Å²) in [5, 5.41) is 0. The van der Waals surface area contributed by atoms with Crippen LogP contribution in [0.25, 0.3) is 11.1 Å². The number of hydrogen-bond donors (Lipinski definition) is 2. The SMILES string of the molecule is Cc1ccc(N)cc1-c1ccc(S(=O)(=O)NCc2nccn2C)cc1. The Morgan fingerprint density at radius 2 is 1.88 bits per heavy atom. The highest BCUT2D eigenvalue weighted by Crippen LogP contribution is 2.26. The van der Waals surface area contributed by atoms with Gasteiger partial charge >= 0.3 is 0 Å². The van der Waals surface area contributed by atoms with E-state index in [4.69, 9.17) is 5.73 Å². The number of hydrogen-bond acceptors (Lipinski definition) is 4. The molecule has 0 aliphatic rings. The molecular formula is C18H20N4O2S. The lowest BCUT2D eigenvalue weighted by atomic mass is 10.0. The second-order valence-electron chi connectivity index (χ2n) is 5.88. The zero-order valence-electron chi connectivity index (χ0n) is 14.1. The second kappa shape index (κ2) is 6.70. The van der Waals surface area contributed by atoms with Crippen LogP contribution in [0.15, 0.2) is 59.8 Å². The zero-order valence-corrected chi connectivity index (χ0v) is 14.9. The van der Waals surface area contributed by atoms with Gasteiger partial charge in [-0.15, -0.1) is 0 Å². The van der Waals surface area contributed by atoms with E-state index in [9.17, 15) is 8.42 Å². The van der Waals surface area contributed by atoms with Gasteiger partial charge in [0.1, 0.15) is 5.82 Å². The average molecular weight is 356 g/mol. The predicted octanol–water partition coefficient (Wildman–Crippen LogP) is 2.46. The Morgan fingerprint density at radius 1 is 1.16 bits per heavy atom. The number of nitrogens with zero attached hydrogens (tertiary/aromatic N) is 2. The molecule has 0 atom stereocenters. The Bertz CT molecular complexity index is 992. The third-order valence-electron chi connectivity index (χ3n) is 4.08. The van der Waals surface area contributed by atoms with Crippen molar-refractivity contribution in [1.82, 2.24) is 14.3 Å². The Hall–Kier alpha value is -2.64. The first kappa shape index (κ1) is 17.2. The highest BCUT2D eigenvalue weighted by atomic mass is 32.2. The van der Waals surface area contributed by atoms with Crippen molar-refractivity contribution in [3.63, 3.8) is 0 Å². The molecular weight excluding hydrogens is 336 g/mol. The van der Waals surface area contributed by atoms with E-state index in [1.165, 1.54) is 0 Å². The molecule has 1 heterocycles. The summed E-state index contributed by atoms with van der Waals surface area (Å²) < 4.78 is 29.2. The summed E-state index contributed by atoms with van der Waals surface area (Å²) in [4.78, 5) is 4.32. The Labute approximate surface area is 147 Å². The number of nitrogens with two attached hydrogens (primary N) is 1. The van der Waals surface area contributed by atoms with Crippen molar-refractivity contribution in [3.8, 4) is 11.1 Å². The van der Waals surface area contributed by atoms with E-state index in [1.807, 2.05) is 32.2 Å². The lowest BCUT2D eigenvalue weighted by Gasteiger charge is -2.10. The van der Waals surface area contributed by atoms with Crippen molar-refractivity contribution in [2.24, 2.45) is 7.05 Å². The number of anilines is 1. The fraction of sp³-hybridized carbons (Fsp3) is 0.167. The third kappa shape index (κ3) is 3.72. The zero-order chi connectivity index (χ0) is 18.0. The first-order valence-corrected chi connectivity index (χ1v) is 9.27. The van der Waals surface area contributed by atoms with Gasteiger partial charge < -0.3 is 10.3 Å². The van der Waals surface area contributed by atoms with Crippen molar-refractivity contribution in [1.29, 1.82) is 0 Å². The summed E-state index contributed by atoms with van der Waals surface area (Å²) in [7, 11) is -1.78. The van der Waals surface area contributed by atoms with Crippen molar-refractivity contribution in [3.05, 3.63) is 66.2 Å². The summed E-state index contributed by atoms with van der Waals surface area (Å²) in [5.41, 5.74) is 9.52. The quantitative estimate of drug-likeness (QED) is 0.687. The Kier molecular flexibility index (Phi) is 4.61. The maximum Gasteiger partial charge on any atom is 0.240 e. The number of sulfonamides is 1. The molecule has 2 aromatic carbocycles. The topological polar surface area (TPSA) is 90.0 Å². The molecule has 0 amide bonds. The standard InChI is InChI=1S/C18H20N4O2S/c1-13-3-6-15(19)11-17(13)14-4-7-16(8-5-14)25(23,24)21-12-18-20-9-10-22(18)2/h3-11,21H,12,19H2,1-2H3. The molecule has 6 nitrogen and oxygen atoms in total. The van der Waals surface area contributed by atoms with Gasteiger partial charge in [-0.1, -0.05) is 18.2 Å². The molecule has 0 aliphatic carbocycles. The second-order valence-corrected chi connectivity index (χ2v) is 7.64. The molecule has 0 fully saturated rings. The van der Waals surface area contributed by atoms with Gasteiger partial charge in [-0.2, -0.15) is 0 Å². The minimum absolute atomic E-state index is 0.141. The van der Waals surface area contributed by atoms with Gasteiger partial charge in [0.05, 0.1) is 11.4 Å². The van der Waals surface area contributed by atoms with Gasteiger partial charge in [-0.3, -0.25) is 0 Å². The predicted molar refractivity (Wildman–Crippen MR) is 98.3 cm³/mol. The van der Waals surface area contributed by atoms with Crippen molar-refractivity contribution < 1.29 is 8.42 Å². The highest BCUT2D eigenvalue weighted by Gasteiger charge is 2.15. The van der Waals surface area contributed by atoms with E-state index in [2.05, 4.69) is 9.71 Å². The number of rotatable bonds is 5. The number of aryl methyl sites for hydroxylation is 2. The largest absolute Gasteiger partial charge is 0.399 e. The van der Waals surface area contributed by atoms with Gasteiger partial charge in [0.15, 0.2) is 0 Å². The Morgan fingerprint density at radius 3 is 2.52 bits per heavy atom. The molecule has 3 N–H and O–H groups in total. The molecule has 0 radical (unpaired) electrons. The van der Waals surface area contributed by atoms with Gasteiger partial charge in [-0.25, -0.2) is 18.1 Å².